The van der Waals surface area contributed by atoms with Crippen molar-refractivity contribution in [1.82, 2.24) is 0 Å². The standard InChI is InChI=1S/C14H14FN/c15-10-14(16)13-8-6-12(7-9-13)11-4-2-1-3-5-11/h1-9,14H,10,16H2/t14-/m0/s1. The molecule has 2 aromatic rings. The van der Waals surface area contributed by atoms with Gasteiger partial charge >= 0.3 is 0 Å². The second-order valence-corrected chi connectivity index (χ2v) is 3.75. The van der Waals surface area contributed by atoms with Crippen LogP contribution in [0.1, 0.15) is 11.6 Å². The monoisotopic (exact) mass is 215 g/mol. The third kappa shape index (κ3) is 2.28. The van der Waals surface area contributed by atoms with Crippen molar-refractivity contribution in [3.05, 3.63) is 60.2 Å². The predicted octanol–water partition coefficient (Wildman–Crippen LogP) is 3.32. The molecule has 2 aromatic carbocycles. The van der Waals surface area contributed by atoms with Crippen molar-refractivity contribution >= 4 is 0 Å². The Labute approximate surface area is 94.7 Å². The zero-order valence-corrected chi connectivity index (χ0v) is 8.94. The Morgan fingerprint density at radius 1 is 0.875 bits per heavy atom. The molecule has 16 heavy (non-hydrogen) atoms. The first-order valence-electron chi connectivity index (χ1n) is 5.28. The zero-order chi connectivity index (χ0) is 11.4. The fourth-order valence-corrected chi connectivity index (χ4v) is 1.64. The molecule has 0 unspecified atom stereocenters. The van der Waals surface area contributed by atoms with E-state index in [1.807, 2.05) is 54.6 Å². The lowest BCUT2D eigenvalue weighted by atomic mass is 10.0. The molecule has 2 rings (SSSR count). The molecule has 0 bridgehead atoms. The summed E-state index contributed by atoms with van der Waals surface area (Å²) in [4.78, 5) is 0. The summed E-state index contributed by atoms with van der Waals surface area (Å²) in [5.74, 6) is 0. The molecule has 0 aliphatic heterocycles. The highest BCUT2D eigenvalue weighted by Crippen LogP contribution is 2.21. The van der Waals surface area contributed by atoms with Crippen molar-refractivity contribution < 1.29 is 4.39 Å². The van der Waals surface area contributed by atoms with Crippen LogP contribution in [0.3, 0.4) is 0 Å². The molecule has 2 heteroatoms. The molecule has 0 saturated carbocycles. The lowest BCUT2D eigenvalue weighted by molar-refractivity contribution is 0.437. The van der Waals surface area contributed by atoms with Crippen molar-refractivity contribution in [2.24, 2.45) is 5.73 Å². The van der Waals surface area contributed by atoms with Crippen LogP contribution >= 0.6 is 0 Å². The van der Waals surface area contributed by atoms with E-state index in [0.29, 0.717) is 0 Å². The molecule has 0 spiro atoms. The van der Waals surface area contributed by atoms with Crippen LogP contribution in [0.4, 0.5) is 4.39 Å². The SMILES string of the molecule is N[C@@H](CF)c1ccc(-c2ccccc2)cc1. The van der Waals surface area contributed by atoms with Gasteiger partial charge in [-0.2, -0.15) is 0 Å². The van der Waals surface area contributed by atoms with Gasteiger partial charge in [-0.15, -0.1) is 0 Å². The van der Waals surface area contributed by atoms with E-state index >= 15 is 0 Å². The number of benzene rings is 2. The summed E-state index contributed by atoms with van der Waals surface area (Å²) in [6.07, 6.45) is 0. The third-order valence-electron chi connectivity index (χ3n) is 2.61. The van der Waals surface area contributed by atoms with Gasteiger partial charge in [-0.3, -0.25) is 0 Å². The van der Waals surface area contributed by atoms with Gasteiger partial charge in [-0.05, 0) is 16.7 Å². The highest BCUT2D eigenvalue weighted by molar-refractivity contribution is 5.63. The molecule has 0 radical (unpaired) electrons. The van der Waals surface area contributed by atoms with E-state index in [-0.39, 0.29) is 0 Å². The van der Waals surface area contributed by atoms with Crippen LogP contribution in [-0.2, 0) is 0 Å². The molecule has 0 fully saturated rings. The fraction of sp³-hybridized carbons (Fsp3) is 0.143. The topological polar surface area (TPSA) is 26.0 Å². The highest BCUT2D eigenvalue weighted by Gasteiger charge is 2.04. The van der Waals surface area contributed by atoms with Gasteiger partial charge < -0.3 is 5.73 Å². The minimum Gasteiger partial charge on any atom is -0.322 e. The Kier molecular flexibility index (Phi) is 3.32. The van der Waals surface area contributed by atoms with E-state index in [1.54, 1.807) is 0 Å². The van der Waals surface area contributed by atoms with Gasteiger partial charge in [0.05, 0.1) is 6.04 Å². The summed E-state index contributed by atoms with van der Waals surface area (Å²) in [5, 5.41) is 0. The minimum absolute atomic E-state index is 0.509. The van der Waals surface area contributed by atoms with Crippen LogP contribution in [0.25, 0.3) is 11.1 Å². The second-order valence-electron chi connectivity index (χ2n) is 3.75. The molecule has 1 atom stereocenters. The van der Waals surface area contributed by atoms with Gasteiger partial charge in [-0.1, -0.05) is 54.6 Å². The molecular weight excluding hydrogens is 201 g/mol. The molecule has 0 saturated heterocycles. The highest BCUT2D eigenvalue weighted by atomic mass is 19.1. The maximum Gasteiger partial charge on any atom is 0.109 e. The van der Waals surface area contributed by atoms with Gasteiger partial charge in [0, 0.05) is 0 Å². The largest absolute Gasteiger partial charge is 0.322 e. The average Bonchev–Trinajstić information content (AvgIpc) is 2.39. The van der Waals surface area contributed by atoms with Crippen molar-refractivity contribution in [2.45, 2.75) is 6.04 Å². The number of hydrogen-bond acceptors (Lipinski definition) is 1. The molecule has 0 aliphatic rings. The quantitative estimate of drug-likeness (QED) is 0.835. The Bertz CT molecular complexity index is 436. The molecule has 1 nitrogen and oxygen atoms in total. The summed E-state index contributed by atoms with van der Waals surface area (Å²) in [6.45, 7) is -0.523. The van der Waals surface area contributed by atoms with Crippen molar-refractivity contribution in [3.8, 4) is 11.1 Å². The van der Waals surface area contributed by atoms with Gasteiger partial charge in [0.2, 0.25) is 0 Å². The van der Waals surface area contributed by atoms with Gasteiger partial charge in [0.25, 0.3) is 0 Å². The fourth-order valence-electron chi connectivity index (χ4n) is 1.64. The number of hydrogen-bond donors (Lipinski definition) is 1. The van der Waals surface area contributed by atoms with Crippen molar-refractivity contribution in [3.63, 3.8) is 0 Å². The lowest BCUT2D eigenvalue weighted by Crippen LogP contribution is -2.11. The van der Waals surface area contributed by atoms with Crippen LogP contribution in [0.15, 0.2) is 54.6 Å². The molecule has 0 aliphatic carbocycles. The lowest BCUT2D eigenvalue weighted by Gasteiger charge is -2.08. The van der Waals surface area contributed by atoms with E-state index in [0.717, 1.165) is 16.7 Å². The van der Waals surface area contributed by atoms with Gasteiger partial charge in [0.1, 0.15) is 6.67 Å². The van der Waals surface area contributed by atoms with Crippen LogP contribution in [0.2, 0.25) is 0 Å². The van der Waals surface area contributed by atoms with Crippen LogP contribution in [-0.4, -0.2) is 6.67 Å². The van der Waals surface area contributed by atoms with Crippen LogP contribution in [0.5, 0.6) is 0 Å². The average molecular weight is 215 g/mol. The molecular formula is C14H14FN. The molecule has 0 heterocycles. The Morgan fingerprint density at radius 3 is 2.00 bits per heavy atom. The van der Waals surface area contributed by atoms with Crippen LogP contribution in [0, 0.1) is 0 Å². The smallest absolute Gasteiger partial charge is 0.109 e. The molecule has 0 aromatic heterocycles. The molecule has 0 amide bonds. The first-order valence-corrected chi connectivity index (χ1v) is 5.28. The van der Waals surface area contributed by atoms with E-state index in [4.69, 9.17) is 5.73 Å². The second kappa shape index (κ2) is 4.90. The summed E-state index contributed by atoms with van der Waals surface area (Å²) < 4.78 is 12.4. The number of rotatable bonds is 3. The molecule has 2 N–H and O–H groups in total. The number of nitrogens with two attached hydrogens (primary N) is 1. The first-order chi connectivity index (χ1) is 7.81. The van der Waals surface area contributed by atoms with Crippen molar-refractivity contribution in [1.29, 1.82) is 0 Å². The van der Waals surface area contributed by atoms with Gasteiger partial charge in [0.15, 0.2) is 0 Å². The normalized spacial score (nSPS) is 12.4. The van der Waals surface area contributed by atoms with Crippen LogP contribution < -0.4 is 5.73 Å². The summed E-state index contributed by atoms with van der Waals surface area (Å²) >= 11 is 0. The number of halogens is 1. The third-order valence-corrected chi connectivity index (χ3v) is 2.61. The minimum atomic E-state index is -0.523. The number of alkyl halides is 1. The Morgan fingerprint density at radius 2 is 1.44 bits per heavy atom. The van der Waals surface area contributed by atoms with Crippen molar-refractivity contribution in [2.75, 3.05) is 6.67 Å². The predicted molar refractivity (Wildman–Crippen MR) is 64.8 cm³/mol. The van der Waals surface area contributed by atoms with Gasteiger partial charge in [-0.25, -0.2) is 4.39 Å². The van der Waals surface area contributed by atoms with E-state index in [2.05, 4.69) is 0 Å². The first kappa shape index (κ1) is 10.8. The Balaban J connectivity index is 2.26. The van der Waals surface area contributed by atoms with E-state index < -0.39 is 12.7 Å². The summed E-state index contributed by atoms with van der Waals surface area (Å²) in [7, 11) is 0. The maximum absolute atomic E-state index is 12.4. The molecule has 82 valence electrons. The Hall–Kier alpha value is -1.67. The maximum atomic E-state index is 12.4. The van der Waals surface area contributed by atoms with E-state index in [1.165, 1.54) is 0 Å². The summed E-state index contributed by atoms with van der Waals surface area (Å²) in [6, 6.07) is 17.3. The van der Waals surface area contributed by atoms with E-state index in [9.17, 15) is 4.39 Å². The zero-order valence-electron chi connectivity index (χ0n) is 8.94. The summed E-state index contributed by atoms with van der Waals surface area (Å²) in [5.41, 5.74) is 8.72.